The van der Waals surface area contributed by atoms with Crippen LogP contribution in [0.1, 0.15) is 12.5 Å². The molecule has 0 saturated carbocycles. The van der Waals surface area contributed by atoms with Crippen LogP contribution in [0.15, 0.2) is 52.5 Å². The van der Waals surface area contributed by atoms with Gasteiger partial charge >= 0.3 is 0 Å². The van der Waals surface area contributed by atoms with Crippen LogP contribution >= 0.6 is 11.8 Å². The zero-order chi connectivity index (χ0) is 17.6. The van der Waals surface area contributed by atoms with Gasteiger partial charge in [0.15, 0.2) is 16.7 Å². The molecule has 1 heterocycles. The first-order valence-corrected chi connectivity index (χ1v) is 8.60. The molecule has 2 aromatic carbocycles. The quantitative estimate of drug-likeness (QED) is 0.518. The van der Waals surface area contributed by atoms with Gasteiger partial charge in [-0.05, 0) is 54.6 Å². The minimum atomic E-state index is 0.533. The van der Waals surface area contributed by atoms with Crippen LogP contribution in [0.25, 0.3) is 17.1 Å². The summed E-state index contributed by atoms with van der Waals surface area (Å²) in [6, 6.07) is 15.6. The van der Waals surface area contributed by atoms with Crippen molar-refractivity contribution >= 4 is 28.9 Å². The third kappa shape index (κ3) is 3.95. The normalized spacial score (nSPS) is 11.3. The molecule has 0 aliphatic carbocycles. The molecule has 0 fully saturated rings. The standard InChI is InChI=1S/C19H17N3O2S/c1-3-24-17-9-8-13(11-18(17)23-2)10-14(12-20)25-19-21-15-6-4-5-7-16(15)22-19/h4-11H,3H2,1-2H3,(H,21,22)/b14-10+. The van der Waals surface area contributed by atoms with Gasteiger partial charge in [-0.3, -0.25) is 0 Å². The van der Waals surface area contributed by atoms with Gasteiger partial charge in [0.2, 0.25) is 0 Å². The lowest BCUT2D eigenvalue weighted by Gasteiger charge is -2.09. The van der Waals surface area contributed by atoms with Crippen LogP contribution in [0.2, 0.25) is 0 Å². The van der Waals surface area contributed by atoms with Gasteiger partial charge in [-0.15, -0.1) is 0 Å². The van der Waals surface area contributed by atoms with Gasteiger partial charge in [-0.2, -0.15) is 5.26 Å². The highest BCUT2D eigenvalue weighted by atomic mass is 32.2. The molecule has 0 bridgehead atoms. The molecule has 0 aliphatic rings. The molecule has 0 atom stereocenters. The lowest BCUT2D eigenvalue weighted by molar-refractivity contribution is 0.311. The van der Waals surface area contributed by atoms with Gasteiger partial charge in [0.25, 0.3) is 0 Å². The van der Waals surface area contributed by atoms with Crippen molar-refractivity contribution in [3.05, 3.63) is 52.9 Å². The van der Waals surface area contributed by atoms with E-state index < -0.39 is 0 Å². The number of aromatic nitrogens is 2. The first kappa shape index (κ1) is 16.9. The fourth-order valence-corrected chi connectivity index (χ4v) is 3.12. The average Bonchev–Trinajstić information content (AvgIpc) is 3.04. The molecule has 0 spiro atoms. The number of nitrogens with zero attached hydrogens (tertiary/aromatic N) is 2. The summed E-state index contributed by atoms with van der Waals surface area (Å²) in [6.45, 7) is 2.49. The Kier molecular flexibility index (Phi) is 5.26. The number of benzene rings is 2. The molecule has 1 aromatic heterocycles. The van der Waals surface area contributed by atoms with Gasteiger partial charge in [0, 0.05) is 0 Å². The highest BCUT2D eigenvalue weighted by Gasteiger charge is 2.08. The van der Waals surface area contributed by atoms with Crippen LogP contribution in [-0.2, 0) is 0 Å². The SMILES string of the molecule is CCOc1ccc(/C=C(\C#N)Sc2nc3ccccc3[nH]2)cc1OC. The topological polar surface area (TPSA) is 70.9 Å². The van der Waals surface area contributed by atoms with E-state index in [4.69, 9.17) is 9.47 Å². The number of nitrogens with one attached hydrogen (secondary N) is 1. The minimum absolute atomic E-state index is 0.533. The minimum Gasteiger partial charge on any atom is -0.493 e. The highest BCUT2D eigenvalue weighted by Crippen LogP contribution is 2.31. The summed E-state index contributed by atoms with van der Waals surface area (Å²) < 4.78 is 10.9. The predicted octanol–water partition coefficient (Wildman–Crippen LogP) is 4.63. The molecule has 126 valence electrons. The van der Waals surface area contributed by atoms with Gasteiger partial charge in [0.05, 0.1) is 29.7 Å². The van der Waals surface area contributed by atoms with Crippen molar-refractivity contribution in [2.45, 2.75) is 12.1 Å². The maximum absolute atomic E-state index is 9.45. The summed E-state index contributed by atoms with van der Waals surface area (Å²) in [5, 5.41) is 10.1. The number of hydrogen-bond acceptors (Lipinski definition) is 5. The number of imidazole rings is 1. The number of allylic oxidation sites excluding steroid dienone is 1. The van der Waals surface area contributed by atoms with Crippen molar-refractivity contribution < 1.29 is 9.47 Å². The van der Waals surface area contributed by atoms with Crippen LogP contribution in [0.3, 0.4) is 0 Å². The number of ether oxygens (including phenoxy) is 2. The van der Waals surface area contributed by atoms with Crippen LogP contribution in [-0.4, -0.2) is 23.7 Å². The Morgan fingerprint density at radius 2 is 2.12 bits per heavy atom. The molecule has 5 nitrogen and oxygen atoms in total. The number of thioether (sulfide) groups is 1. The number of nitriles is 1. The maximum atomic E-state index is 9.45. The molecule has 0 unspecified atom stereocenters. The molecule has 0 radical (unpaired) electrons. The molecular formula is C19H17N3O2S. The Balaban J connectivity index is 1.86. The number of hydrogen-bond donors (Lipinski definition) is 1. The monoisotopic (exact) mass is 351 g/mol. The lowest BCUT2D eigenvalue weighted by Crippen LogP contribution is -1.95. The van der Waals surface area contributed by atoms with E-state index in [9.17, 15) is 5.26 Å². The maximum Gasteiger partial charge on any atom is 0.171 e. The van der Waals surface area contributed by atoms with E-state index >= 15 is 0 Å². The molecule has 0 saturated heterocycles. The number of methoxy groups -OCH3 is 1. The van der Waals surface area contributed by atoms with E-state index in [1.165, 1.54) is 11.8 Å². The summed E-state index contributed by atoms with van der Waals surface area (Å²) in [5.41, 5.74) is 2.69. The Hall–Kier alpha value is -2.91. The zero-order valence-corrected chi connectivity index (χ0v) is 14.8. The summed E-state index contributed by atoms with van der Waals surface area (Å²) in [6.07, 6.45) is 1.80. The number of H-pyrrole nitrogens is 1. The first-order chi connectivity index (χ1) is 12.2. The molecule has 3 rings (SSSR count). The van der Waals surface area contributed by atoms with Crippen molar-refractivity contribution in [2.24, 2.45) is 0 Å². The van der Waals surface area contributed by atoms with Gasteiger partial charge in [-0.1, -0.05) is 18.2 Å². The first-order valence-electron chi connectivity index (χ1n) is 7.78. The smallest absolute Gasteiger partial charge is 0.171 e. The van der Waals surface area contributed by atoms with E-state index in [-0.39, 0.29) is 0 Å². The fraction of sp³-hybridized carbons (Fsp3) is 0.158. The second-order valence-corrected chi connectivity index (χ2v) is 6.16. The van der Waals surface area contributed by atoms with E-state index in [0.29, 0.717) is 28.2 Å². The van der Waals surface area contributed by atoms with Crippen molar-refractivity contribution in [1.29, 1.82) is 5.26 Å². The molecule has 0 aliphatic heterocycles. The second kappa shape index (κ2) is 7.77. The molecule has 25 heavy (non-hydrogen) atoms. The van der Waals surface area contributed by atoms with E-state index in [1.807, 2.05) is 49.4 Å². The van der Waals surface area contributed by atoms with Crippen molar-refractivity contribution in [1.82, 2.24) is 9.97 Å². The summed E-state index contributed by atoms with van der Waals surface area (Å²) in [4.78, 5) is 8.23. The van der Waals surface area contributed by atoms with Crippen LogP contribution < -0.4 is 9.47 Å². The Bertz CT molecular complexity index is 924. The fourth-order valence-electron chi connectivity index (χ4n) is 2.37. The van der Waals surface area contributed by atoms with E-state index in [1.54, 1.807) is 13.2 Å². The van der Waals surface area contributed by atoms with Crippen molar-refractivity contribution in [3.63, 3.8) is 0 Å². The third-order valence-corrected chi connectivity index (χ3v) is 4.29. The zero-order valence-electron chi connectivity index (χ0n) is 13.9. The molecule has 0 amide bonds. The second-order valence-electron chi connectivity index (χ2n) is 5.12. The highest BCUT2D eigenvalue weighted by molar-refractivity contribution is 8.03. The predicted molar refractivity (Wildman–Crippen MR) is 99.7 cm³/mol. The molecule has 6 heteroatoms. The summed E-state index contributed by atoms with van der Waals surface area (Å²) in [5.74, 6) is 1.33. The largest absolute Gasteiger partial charge is 0.493 e. The van der Waals surface area contributed by atoms with Gasteiger partial charge in [0.1, 0.15) is 6.07 Å². The average molecular weight is 351 g/mol. The molecule has 3 aromatic rings. The Morgan fingerprint density at radius 1 is 1.28 bits per heavy atom. The third-order valence-electron chi connectivity index (χ3n) is 3.47. The Morgan fingerprint density at radius 3 is 2.84 bits per heavy atom. The number of para-hydroxylation sites is 2. The molecular weight excluding hydrogens is 334 g/mol. The molecule has 1 N–H and O–H groups in total. The van der Waals surface area contributed by atoms with Crippen LogP contribution in [0.4, 0.5) is 0 Å². The van der Waals surface area contributed by atoms with Gasteiger partial charge in [-0.25, -0.2) is 4.98 Å². The number of fused-ring (bicyclic) bond motifs is 1. The Labute approximate surface area is 150 Å². The lowest BCUT2D eigenvalue weighted by atomic mass is 10.2. The van der Waals surface area contributed by atoms with E-state index in [2.05, 4.69) is 16.0 Å². The summed E-state index contributed by atoms with van der Waals surface area (Å²) in [7, 11) is 1.60. The summed E-state index contributed by atoms with van der Waals surface area (Å²) >= 11 is 1.30. The van der Waals surface area contributed by atoms with Gasteiger partial charge < -0.3 is 14.5 Å². The number of aromatic amines is 1. The number of rotatable bonds is 6. The van der Waals surface area contributed by atoms with Crippen molar-refractivity contribution in [3.8, 4) is 17.6 Å². The van der Waals surface area contributed by atoms with Crippen molar-refractivity contribution in [2.75, 3.05) is 13.7 Å². The van der Waals surface area contributed by atoms with E-state index in [0.717, 1.165) is 16.6 Å². The van der Waals surface area contributed by atoms with Crippen LogP contribution in [0, 0.1) is 11.3 Å². The van der Waals surface area contributed by atoms with Crippen LogP contribution in [0.5, 0.6) is 11.5 Å².